The van der Waals surface area contributed by atoms with E-state index in [9.17, 15) is 4.79 Å². The molecule has 2 aromatic heterocycles. The number of pyridine rings is 1. The first-order chi connectivity index (χ1) is 7.59. The second-order valence-electron chi connectivity index (χ2n) is 3.46. The maximum absolute atomic E-state index is 12.1. The molecule has 0 aliphatic heterocycles. The normalized spacial score (nSPS) is 10.4. The lowest BCUT2D eigenvalue weighted by atomic mass is 10.2. The van der Waals surface area contributed by atoms with Crippen LogP contribution in [0.2, 0.25) is 5.02 Å². The van der Waals surface area contributed by atoms with Crippen LogP contribution in [0, 0.1) is 6.92 Å². The summed E-state index contributed by atoms with van der Waals surface area (Å²) in [5, 5.41) is 4.26. The van der Waals surface area contributed by atoms with E-state index in [0.29, 0.717) is 16.4 Å². The van der Waals surface area contributed by atoms with Gasteiger partial charge in [0, 0.05) is 12.7 Å². The van der Waals surface area contributed by atoms with E-state index in [0.717, 1.165) is 5.69 Å². The van der Waals surface area contributed by atoms with Crippen molar-refractivity contribution in [3.63, 3.8) is 0 Å². The van der Waals surface area contributed by atoms with Crippen LogP contribution in [0.4, 0.5) is 0 Å². The van der Waals surface area contributed by atoms with Crippen LogP contribution >= 0.6 is 11.6 Å². The molecule has 0 N–H and O–H groups in total. The zero-order valence-electron chi connectivity index (χ0n) is 8.94. The second kappa shape index (κ2) is 4.06. The molecule has 4 nitrogen and oxygen atoms in total. The number of aryl methyl sites for hydroxylation is 2. The highest BCUT2D eigenvalue weighted by Crippen LogP contribution is 2.17. The Labute approximate surface area is 97.9 Å². The molecule has 0 bridgehead atoms. The molecule has 16 heavy (non-hydrogen) atoms. The minimum Gasteiger partial charge on any atom is -0.285 e. The molecule has 2 rings (SSSR count). The van der Waals surface area contributed by atoms with Crippen molar-refractivity contribution in [2.24, 2.45) is 7.05 Å². The van der Waals surface area contributed by atoms with Gasteiger partial charge in [-0.15, -0.1) is 0 Å². The first-order valence-corrected chi connectivity index (χ1v) is 5.13. The monoisotopic (exact) mass is 235 g/mol. The van der Waals surface area contributed by atoms with Gasteiger partial charge in [0.1, 0.15) is 11.4 Å². The van der Waals surface area contributed by atoms with Gasteiger partial charge in [0.05, 0.1) is 11.2 Å². The van der Waals surface area contributed by atoms with Crippen molar-refractivity contribution in [1.29, 1.82) is 0 Å². The third kappa shape index (κ3) is 1.84. The molecule has 5 heteroatoms. The Morgan fingerprint density at radius 1 is 1.44 bits per heavy atom. The number of hydrogen-bond donors (Lipinski definition) is 0. The van der Waals surface area contributed by atoms with Crippen LogP contribution in [0.5, 0.6) is 0 Å². The van der Waals surface area contributed by atoms with Crippen molar-refractivity contribution in [2.75, 3.05) is 0 Å². The molecule has 82 valence electrons. The summed E-state index contributed by atoms with van der Waals surface area (Å²) in [5.74, 6) is -0.214. The predicted molar refractivity (Wildman–Crippen MR) is 60.6 cm³/mol. The highest BCUT2D eigenvalue weighted by atomic mass is 35.5. The maximum atomic E-state index is 12.1. The van der Waals surface area contributed by atoms with Gasteiger partial charge >= 0.3 is 0 Å². The molecule has 0 aliphatic carbocycles. The van der Waals surface area contributed by atoms with Gasteiger partial charge in [-0.3, -0.25) is 9.48 Å². The summed E-state index contributed by atoms with van der Waals surface area (Å²) in [5.41, 5.74) is 1.54. The number of carbonyl (C=O) groups excluding carboxylic acids is 1. The topological polar surface area (TPSA) is 47.8 Å². The largest absolute Gasteiger partial charge is 0.285 e. The Bertz CT molecular complexity index is 528. The molecular weight excluding hydrogens is 226 g/mol. The van der Waals surface area contributed by atoms with Crippen LogP contribution in [0.1, 0.15) is 21.9 Å². The van der Waals surface area contributed by atoms with Crippen LogP contribution in [0.15, 0.2) is 24.4 Å². The molecule has 0 aliphatic rings. The fourth-order valence-electron chi connectivity index (χ4n) is 1.46. The Kier molecular flexibility index (Phi) is 2.75. The predicted octanol–water partition coefficient (Wildman–Crippen LogP) is 2.01. The average molecular weight is 236 g/mol. The van der Waals surface area contributed by atoms with Crippen LogP contribution in [0.3, 0.4) is 0 Å². The lowest BCUT2D eigenvalue weighted by molar-refractivity contribution is 0.102. The SMILES string of the molecule is Cc1cccc(C(=O)c2c(Cl)cnn2C)n1. The van der Waals surface area contributed by atoms with E-state index in [-0.39, 0.29) is 5.78 Å². The van der Waals surface area contributed by atoms with Gasteiger partial charge in [0.15, 0.2) is 0 Å². The highest BCUT2D eigenvalue weighted by Gasteiger charge is 2.18. The molecule has 2 heterocycles. The van der Waals surface area contributed by atoms with E-state index in [1.54, 1.807) is 19.2 Å². The summed E-state index contributed by atoms with van der Waals surface area (Å²) < 4.78 is 1.45. The van der Waals surface area contributed by atoms with Crippen LogP contribution in [-0.2, 0) is 7.05 Å². The Morgan fingerprint density at radius 2 is 2.19 bits per heavy atom. The zero-order valence-corrected chi connectivity index (χ0v) is 9.69. The number of hydrogen-bond acceptors (Lipinski definition) is 3. The molecular formula is C11H10ClN3O. The summed E-state index contributed by atoms with van der Waals surface area (Å²) in [4.78, 5) is 16.3. The second-order valence-corrected chi connectivity index (χ2v) is 3.87. The number of rotatable bonds is 2. The molecule has 0 aromatic carbocycles. The Hall–Kier alpha value is -1.68. The number of aromatic nitrogens is 3. The average Bonchev–Trinajstić information content (AvgIpc) is 2.58. The summed E-state index contributed by atoms with van der Waals surface area (Å²) in [6.07, 6.45) is 1.45. The number of ketones is 1. The summed E-state index contributed by atoms with van der Waals surface area (Å²) in [6, 6.07) is 5.29. The molecule has 0 unspecified atom stereocenters. The molecule has 0 amide bonds. The van der Waals surface area contributed by atoms with Gasteiger partial charge in [0.2, 0.25) is 5.78 Å². The van der Waals surface area contributed by atoms with E-state index in [1.807, 2.05) is 13.0 Å². The maximum Gasteiger partial charge on any atom is 0.230 e. The first-order valence-electron chi connectivity index (χ1n) is 4.75. The summed E-state index contributed by atoms with van der Waals surface area (Å²) in [7, 11) is 1.68. The van der Waals surface area contributed by atoms with Crippen molar-refractivity contribution < 1.29 is 4.79 Å². The summed E-state index contributed by atoms with van der Waals surface area (Å²) >= 11 is 5.90. The molecule has 0 fully saturated rings. The fraction of sp³-hybridized carbons (Fsp3) is 0.182. The van der Waals surface area contributed by atoms with Crippen molar-refractivity contribution in [3.05, 3.63) is 46.5 Å². The van der Waals surface area contributed by atoms with Gasteiger partial charge in [-0.2, -0.15) is 5.10 Å². The molecule has 0 saturated carbocycles. The van der Waals surface area contributed by atoms with E-state index >= 15 is 0 Å². The van der Waals surface area contributed by atoms with Gasteiger partial charge in [-0.05, 0) is 19.1 Å². The first kappa shape index (κ1) is 10.8. The van der Waals surface area contributed by atoms with E-state index in [4.69, 9.17) is 11.6 Å². The van der Waals surface area contributed by atoms with Crippen molar-refractivity contribution in [1.82, 2.24) is 14.8 Å². The van der Waals surface area contributed by atoms with E-state index in [2.05, 4.69) is 10.1 Å². The summed E-state index contributed by atoms with van der Waals surface area (Å²) in [6.45, 7) is 1.83. The Balaban J connectivity index is 2.47. The van der Waals surface area contributed by atoms with E-state index in [1.165, 1.54) is 10.9 Å². The van der Waals surface area contributed by atoms with Crippen LogP contribution < -0.4 is 0 Å². The number of carbonyl (C=O) groups is 1. The molecule has 0 saturated heterocycles. The van der Waals surface area contributed by atoms with Crippen LogP contribution in [0.25, 0.3) is 0 Å². The van der Waals surface area contributed by atoms with Crippen molar-refractivity contribution in [2.45, 2.75) is 6.92 Å². The third-order valence-electron chi connectivity index (χ3n) is 2.23. The fourth-order valence-corrected chi connectivity index (χ4v) is 1.71. The smallest absolute Gasteiger partial charge is 0.230 e. The highest BCUT2D eigenvalue weighted by molar-refractivity contribution is 6.34. The third-order valence-corrected chi connectivity index (χ3v) is 2.51. The molecule has 0 atom stereocenters. The quantitative estimate of drug-likeness (QED) is 0.748. The lowest BCUT2D eigenvalue weighted by Gasteiger charge is -2.02. The minimum absolute atomic E-state index is 0.214. The molecule has 0 spiro atoms. The van der Waals surface area contributed by atoms with E-state index < -0.39 is 0 Å². The van der Waals surface area contributed by atoms with Gasteiger partial charge in [-0.25, -0.2) is 4.98 Å². The van der Waals surface area contributed by atoms with Gasteiger partial charge < -0.3 is 0 Å². The zero-order chi connectivity index (χ0) is 11.7. The number of nitrogens with zero attached hydrogens (tertiary/aromatic N) is 3. The van der Waals surface area contributed by atoms with Gasteiger partial charge in [0.25, 0.3) is 0 Å². The van der Waals surface area contributed by atoms with Gasteiger partial charge in [-0.1, -0.05) is 17.7 Å². The lowest BCUT2D eigenvalue weighted by Crippen LogP contribution is -2.10. The minimum atomic E-state index is -0.214. The molecule has 0 radical (unpaired) electrons. The number of halogens is 1. The van der Waals surface area contributed by atoms with Crippen molar-refractivity contribution >= 4 is 17.4 Å². The van der Waals surface area contributed by atoms with Crippen LogP contribution in [-0.4, -0.2) is 20.5 Å². The Morgan fingerprint density at radius 3 is 2.75 bits per heavy atom. The molecule has 2 aromatic rings. The van der Waals surface area contributed by atoms with Crippen molar-refractivity contribution in [3.8, 4) is 0 Å². The standard InChI is InChI=1S/C11H10ClN3O/c1-7-4-3-5-9(14-7)11(16)10-8(12)6-13-15(10)2/h3-6H,1-2H3.